The van der Waals surface area contributed by atoms with Gasteiger partial charge in [-0.2, -0.15) is 10.5 Å². The molecule has 1 rings (SSSR count). The lowest BCUT2D eigenvalue weighted by atomic mass is 10.2. The number of rotatable bonds is 0. The highest BCUT2D eigenvalue weighted by atomic mass is 79.9. The molecule has 5 nitrogen and oxygen atoms in total. The van der Waals surface area contributed by atoms with Gasteiger partial charge in [-0.05, 0) is 15.9 Å². The van der Waals surface area contributed by atoms with Crippen LogP contribution in [0.2, 0.25) is 0 Å². The molecule has 2 N–H and O–H groups in total. The van der Waals surface area contributed by atoms with Gasteiger partial charge < -0.3 is 5.73 Å². The first-order chi connectivity index (χ1) is 5.69. The fraction of sp³-hybridized carbons (Fsp3) is 0. The number of aromatic nitrogens is 2. The molecule has 6 heteroatoms. The van der Waals surface area contributed by atoms with Gasteiger partial charge in [0.2, 0.25) is 0 Å². The minimum atomic E-state index is -0.0168. The molecule has 12 heavy (non-hydrogen) atoms. The monoisotopic (exact) mass is 223 g/mol. The molecule has 58 valence electrons. The second kappa shape index (κ2) is 3.16. The zero-order valence-electron chi connectivity index (χ0n) is 5.74. The average molecular weight is 224 g/mol. The number of halogens is 1. The van der Waals surface area contributed by atoms with E-state index in [1.165, 1.54) is 0 Å². The van der Waals surface area contributed by atoms with Crippen LogP contribution in [0.5, 0.6) is 0 Å². The van der Waals surface area contributed by atoms with Crippen LogP contribution in [-0.4, -0.2) is 9.97 Å². The first-order valence-corrected chi connectivity index (χ1v) is 3.61. The van der Waals surface area contributed by atoms with Crippen molar-refractivity contribution in [2.24, 2.45) is 0 Å². The van der Waals surface area contributed by atoms with E-state index < -0.39 is 0 Å². The van der Waals surface area contributed by atoms with Crippen molar-refractivity contribution in [2.45, 2.75) is 0 Å². The molecule has 0 saturated carbocycles. The third kappa shape index (κ3) is 1.34. The number of nitrogens with two attached hydrogens (primary N) is 1. The van der Waals surface area contributed by atoms with Crippen molar-refractivity contribution in [1.82, 2.24) is 9.97 Å². The maximum absolute atomic E-state index is 8.54. The summed E-state index contributed by atoms with van der Waals surface area (Å²) < 4.78 is 0.204. The molecule has 0 aromatic carbocycles. The molecule has 0 fully saturated rings. The summed E-state index contributed by atoms with van der Waals surface area (Å²) in [6.45, 7) is 0. The van der Waals surface area contributed by atoms with Crippen molar-refractivity contribution in [3.8, 4) is 12.1 Å². The lowest BCUT2D eigenvalue weighted by Gasteiger charge is -1.97. The Morgan fingerprint density at radius 2 is 1.92 bits per heavy atom. The van der Waals surface area contributed by atoms with Crippen LogP contribution in [-0.2, 0) is 0 Å². The van der Waals surface area contributed by atoms with Gasteiger partial charge in [-0.1, -0.05) is 0 Å². The van der Waals surface area contributed by atoms with Gasteiger partial charge in [0, 0.05) is 0 Å². The molecule has 0 aliphatic rings. The fourth-order valence-electron chi connectivity index (χ4n) is 0.641. The summed E-state index contributed by atoms with van der Waals surface area (Å²) in [6.07, 6.45) is 0. The summed E-state index contributed by atoms with van der Waals surface area (Å²) in [5, 5.41) is 17.1. The second-order valence-corrected chi connectivity index (χ2v) is 2.53. The predicted octanol–water partition coefficient (Wildman–Crippen LogP) is 0.565. The minimum Gasteiger partial charge on any atom is -0.382 e. The summed E-state index contributed by atoms with van der Waals surface area (Å²) in [5.74, 6) is 0.0101. The van der Waals surface area contributed by atoms with Crippen LogP contribution in [0.25, 0.3) is 0 Å². The van der Waals surface area contributed by atoms with Gasteiger partial charge in [-0.25, -0.2) is 9.97 Å². The second-order valence-electron chi connectivity index (χ2n) is 1.83. The van der Waals surface area contributed by atoms with Crippen molar-refractivity contribution >= 4 is 21.7 Å². The van der Waals surface area contributed by atoms with Crippen LogP contribution in [0.1, 0.15) is 11.3 Å². The molecule has 0 spiro atoms. The fourth-order valence-corrected chi connectivity index (χ4v) is 1.01. The highest BCUT2D eigenvalue weighted by Crippen LogP contribution is 2.13. The number of nitriles is 2. The smallest absolute Gasteiger partial charge is 0.199 e. The van der Waals surface area contributed by atoms with Crippen LogP contribution in [0, 0.1) is 22.7 Å². The Kier molecular flexibility index (Phi) is 2.22. The van der Waals surface area contributed by atoms with E-state index in [1.54, 1.807) is 12.1 Å². The van der Waals surface area contributed by atoms with E-state index in [1.807, 2.05) is 0 Å². The quantitative estimate of drug-likeness (QED) is 0.649. The Morgan fingerprint density at radius 1 is 1.25 bits per heavy atom. The molecule has 0 amide bonds. The van der Waals surface area contributed by atoms with Crippen molar-refractivity contribution in [1.29, 1.82) is 10.5 Å². The maximum Gasteiger partial charge on any atom is 0.199 e. The van der Waals surface area contributed by atoms with Crippen molar-refractivity contribution < 1.29 is 0 Å². The van der Waals surface area contributed by atoms with Crippen LogP contribution in [0.4, 0.5) is 5.82 Å². The summed E-state index contributed by atoms with van der Waals surface area (Å²) in [7, 11) is 0. The van der Waals surface area contributed by atoms with E-state index in [4.69, 9.17) is 16.3 Å². The molecule has 0 aliphatic heterocycles. The lowest BCUT2D eigenvalue weighted by molar-refractivity contribution is 1.08. The Labute approximate surface area is 76.6 Å². The standard InChI is InChI=1S/C6H2BrN5/c7-6-11-4(2-9)3(1-8)5(10)12-6/h(H2,10,11,12). The highest BCUT2D eigenvalue weighted by molar-refractivity contribution is 9.10. The zero-order chi connectivity index (χ0) is 9.14. The normalized spacial score (nSPS) is 8.58. The molecule has 0 radical (unpaired) electrons. The number of nitrogens with zero attached hydrogens (tertiary/aromatic N) is 4. The third-order valence-corrected chi connectivity index (χ3v) is 1.48. The van der Waals surface area contributed by atoms with Gasteiger partial charge in [0.05, 0.1) is 0 Å². The van der Waals surface area contributed by atoms with Crippen LogP contribution in [0.3, 0.4) is 0 Å². The van der Waals surface area contributed by atoms with Gasteiger partial charge in [-0.3, -0.25) is 0 Å². The van der Waals surface area contributed by atoms with Gasteiger partial charge in [0.1, 0.15) is 23.5 Å². The Hall–Kier alpha value is -1.66. The number of anilines is 1. The van der Waals surface area contributed by atoms with Gasteiger partial charge in [-0.15, -0.1) is 0 Å². The van der Waals surface area contributed by atoms with Gasteiger partial charge in [0.25, 0.3) is 0 Å². The molecular weight excluding hydrogens is 222 g/mol. The Bertz CT molecular complexity index is 400. The SMILES string of the molecule is N#Cc1nc(Br)nc(N)c1C#N. The molecule has 0 bridgehead atoms. The molecular formula is C6H2BrN5. The zero-order valence-corrected chi connectivity index (χ0v) is 7.33. The highest BCUT2D eigenvalue weighted by Gasteiger charge is 2.09. The van der Waals surface area contributed by atoms with Gasteiger partial charge in [0.15, 0.2) is 10.4 Å². The molecule has 0 atom stereocenters. The van der Waals surface area contributed by atoms with Crippen molar-refractivity contribution in [3.63, 3.8) is 0 Å². The third-order valence-electron chi connectivity index (χ3n) is 1.13. The summed E-state index contributed by atoms with van der Waals surface area (Å²) in [6, 6.07) is 3.49. The first kappa shape index (κ1) is 8.44. The Morgan fingerprint density at radius 3 is 2.42 bits per heavy atom. The lowest BCUT2D eigenvalue weighted by Crippen LogP contribution is -2.01. The van der Waals surface area contributed by atoms with E-state index in [0.29, 0.717) is 0 Å². The van der Waals surface area contributed by atoms with E-state index in [2.05, 4.69) is 25.9 Å². The summed E-state index contributed by atoms with van der Waals surface area (Å²) in [4.78, 5) is 7.33. The number of hydrogen-bond donors (Lipinski definition) is 1. The molecule has 0 aliphatic carbocycles. The largest absolute Gasteiger partial charge is 0.382 e. The van der Waals surface area contributed by atoms with E-state index in [9.17, 15) is 0 Å². The predicted molar refractivity (Wildman–Crippen MR) is 43.6 cm³/mol. The van der Waals surface area contributed by atoms with Crippen molar-refractivity contribution in [2.75, 3.05) is 5.73 Å². The van der Waals surface area contributed by atoms with Crippen LogP contribution < -0.4 is 5.73 Å². The molecule has 1 aromatic heterocycles. The topological polar surface area (TPSA) is 99.4 Å². The molecule has 1 heterocycles. The molecule has 0 saturated heterocycles. The molecule has 1 aromatic rings. The average Bonchev–Trinajstić information content (AvgIpc) is 2.03. The molecule has 0 unspecified atom stereocenters. The number of nitrogen functional groups attached to an aromatic ring is 1. The number of hydrogen-bond acceptors (Lipinski definition) is 5. The minimum absolute atomic E-state index is 0.0101. The van der Waals surface area contributed by atoms with E-state index in [-0.39, 0.29) is 21.8 Å². The maximum atomic E-state index is 8.54. The van der Waals surface area contributed by atoms with E-state index in [0.717, 1.165) is 0 Å². The first-order valence-electron chi connectivity index (χ1n) is 2.82. The summed E-state index contributed by atoms with van der Waals surface area (Å²) >= 11 is 2.95. The van der Waals surface area contributed by atoms with Gasteiger partial charge >= 0.3 is 0 Å². The van der Waals surface area contributed by atoms with E-state index >= 15 is 0 Å². The van der Waals surface area contributed by atoms with Crippen LogP contribution >= 0.6 is 15.9 Å². The summed E-state index contributed by atoms with van der Waals surface area (Å²) in [5.41, 5.74) is 5.35. The van der Waals surface area contributed by atoms with Crippen LogP contribution in [0.15, 0.2) is 4.73 Å². The Balaban J connectivity index is 3.50. The van der Waals surface area contributed by atoms with Crippen molar-refractivity contribution in [3.05, 3.63) is 16.0 Å².